The van der Waals surface area contributed by atoms with Crippen molar-refractivity contribution in [2.24, 2.45) is 0 Å². The van der Waals surface area contributed by atoms with E-state index in [1.165, 1.54) is 0 Å². The molecule has 3 rings (SSSR count). The third-order valence-corrected chi connectivity index (χ3v) is 6.86. The first-order chi connectivity index (χ1) is 15.9. The average molecular weight is 576 g/mol. The maximum Gasteiger partial charge on any atom is 0.154 e. The quantitative estimate of drug-likeness (QED) is 0.261. The fourth-order valence-corrected chi connectivity index (χ4v) is 4.88. The van der Waals surface area contributed by atoms with Gasteiger partial charge in [-0.3, -0.25) is 0 Å². The molecule has 0 fully saturated rings. The molecule has 0 unspecified atom stereocenters. The lowest BCUT2D eigenvalue weighted by Gasteiger charge is -2.20. The fraction of sp³-hybridized carbons (Fsp3) is 0.385. The molecule has 0 bridgehead atoms. The molecular weight excluding hydrogens is 544 g/mol. The summed E-state index contributed by atoms with van der Waals surface area (Å²) in [7, 11) is 1.68. The Morgan fingerprint density at radius 2 is 1.85 bits per heavy atom. The number of halogens is 2. The number of anilines is 1. The van der Waals surface area contributed by atoms with E-state index in [4.69, 9.17) is 14.7 Å². The van der Waals surface area contributed by atoms with Crippen LogP contribution in [0.2, 0.25) is 0 Å². The number of hydrogen-bond donors (Lipinski definition) is 1. The number of nitrogens with zero attached hydrogens (tertiary/aromatic N) is 3. The smallest absolute Gasteiger partial charge is 0.154 e. The molecule has 0 aliphatic heterocycles. The second kappa shape index (κ2) is 12.5. The standard InChI is InChI=1S/C26H32Br2N4O/c1-5-32(6-2)15-7-8-18(3)29-26-22-17-21(33-4)12-13-24(22)30-25(31-26)14-10-19-9-11-20(27)16-23(19)28/h9-14,16-18H,5-8,15H2,1-4H3,(H,29,30,31)/b14-10-/t18-/m0/s1. The summed E-state index contributed by atoms with van der Waals surface area (Å²) in [4.78, 5) is 12.1. The van der Waals surface area contributed by atoms with Crippen molar-refractivity contribution in [1.29, 1.82) is 0 Å². The maximum atomic E-state index is 5.44. The van der Waals surface area contributed by atoms with E-state index in [1.807, 2.05) is 48.6 Å². The summed E-state index contributed by atoms with van der Waals surface area (Å²) in [6.07, 6.45) is 6.20. The summed E-state index contributed by atoms with van der Waals surface area (Å²) in [5, 5.41) is 4.59. The first-order valence-electron chi connectivity index (χ1n) is 11.4. The molecule has 0 aliphatic rings. The Bertz CT molecular complexity index is 1100. The highest BCUT2D eigenvalue weighted by Crippen LogP contribution is 2.27. The van der Waals surface area contributed by atoms with E-state index in [-0.39, 0.29) is 0 Å². The number of rotatable bonds is 11. The molecule has 33 heavy (non-hydrogen) atoms. The number of ether oxygens (including phenoxy) is 1. The van der Waals surface area contributed by atoms with Crippen LogP contribution in [0, 0.1) is 0 Å². The highest BCUT2D eigenvalue weighted by atomic mass is 79.9. The Kier molecular flexibility index (Phi) is 9.71. The second-order valence-corrected chi connectivity index (χ2v) is 9.80. The molecule has 1 heterocycles. The monoisotopic (exact) mass is 574 g/mol. The lowest BCUT2D eigenvalue weighted by molar-refractivity contribution is 0.295. The molecule has 0 amide bonds. The van der Waals surface area contributed by atoms with Gasteiger partial charge in [0.05, 0.1) is 12.6 Å². The zero-order chi connectivity index (χ0) is 23.8. The minimum absolute atomic E-state index is 0.294. The number of benzene rings is 2. The van der Waals surface area contributed by atoms with Gasteiger partial charge in [-0.1, -0.05) is 57.8 Å². The van der Waals surface area contributed by atoms with Crippen LogP contribution in [-0.4, -0.2) is 47.7 Å². The van der Waals surface area contributed by atoms with Gasteiger partial charge in [-0.05, 0) is 81.4 Å². The van der Waals surface area contributed by atoms with Crippen molar-refractivity contribution in [2.45, 2.75) is 39.7 Å². The molecule has 3 aromatic rings. The summed E-state index contributed by atoms with van der Waals surface area (Å²) in [5.41, 5.74) is 1.95. The fourth-order valence-electron chi connectivity index (χ4n) is 3.70. The van der Waals surface area contributed by atoms with Gasteiger partial charge in [-0.2, -0.15) is 0 Å². The van der Waals surface area contributed by atoms with Gasteiger partial charge in [0.2, 0.25) is 0 Å². The highest BCUT2D eigenvalue weighted by molar-refractivity contribution is 9.11. The van der Waals surface area contributed by atoms with Crippen LogP contribution in [-0.2, 0) is 0 Å². The molecule has 7 heteroatoms. The van der Waals surface area contributed by atoms with Crippen molar-refractivity contribution < 1.29 is 4.74 Å². The Morgan fingerprint density at radius 3 is 2.55 bits per heavy atom. The van der Waals surface area contributed by atoms with Crippen LogP contribution in [0.15, 0.2) is 45.3 Å². The molecule has 0 aliphatic carbocycles. The van der Waals surface area contributed by atoms with Crippen molar-refractivity contribution in [2.75, 3.05) is 32.1 Å². The van der Waals surface area contributed by atoms with Gasteiger partial charge in [-0.15, -0.1) is 0 Å². The van der Waals surface area contributed by atoms with E-state index >= 15 is 0 Å². The SMILES string of the molecule is CCN(CC)CCC[C@H](C)Nc1nc(/C=C\c2ccc(Br)cc2Br)nc2ccc(OC)cc12. The van der Waals surface area contributed by atoms with E-state index in [2.05, 4.69) is 62.8 Å². The maximum absolute atomic E-state index is 5.44. The summed E-state index contributed by atoms with van der Waals surface area (Å²) < 4.78 is 7.49. The topological polar surface area (TPSA) is 50.3 Å². The van der Waals surface area contributed by atoms with Crippen molar-refractivity contribution in [3.05, 3.63) is 56.7 Å². The average Bonchev–Trinajstić information content (AvgIpc) is 2.81. The summed E-state index contributed by atoms with van der Waals surface area (Å²) in [5.74, 6) is 2.30. The van der Waals surface area contributed by atoms with Crippen molar-refractivity contribution in [3.8, 4) is 5.75 Å². The zero-order valence-electron chi connectivity index (χ0n) is 19.7. The zero-order valence-corrected chi connectivity index (χ0v) is 22.9. The van der Waals surface area contributed by atoms with Crippen LogP contribution >= 0.6 is 31.9 Å². The van der Waals surface area contributed by atoms with Crippen LogP contribution < -0.4 is 10.1 Å². The van der Waals surface area contributed by atoms with Crippen LogP contribution in [0.25, 0.3) is 23.1 Å². The molecule has 1 atom stereocenters. The number of nitrogens with one attached hydrogen (secondary N) is 1. The number of hydrogen-bond acceptors (Lipinski definition) is 5. The molecular formula is C26H32Br2N4O. The number of fused-ring (bicyclic) bond motifs is 1. The van der Waals surface area contributed by atoms with Gasteiger partial charge in [0.25, 0.3) is 0 Å². The molecule has 0 radical (unpaired) electrons. The van der Waals surface area contributed by atoms with Crippen LogP contribution in [0.3, 0.4) is 0 Å². The Labute approximate surface area is 213 Å². The normalized spacial score (nSPS) is 12.6. The largest absolute Gasteiger partial charge is 0.497 e. The number of methoxy groups -OCH3 is 1. The van der Waals surface area contributed by atoms with Gasteiger partial charge >= 0.3 is 0 Å². The van der Waals surface area contributed by atoms with E-state index in [9.17, 15) is 0 Å². The minimum atomic E-state index is 0.294. The highest BCUT2D eigenvalue weighted by Gasteiger charge is 2.12. The molecule has 5 nitrogen and oxygen atoms in total. The van der Waals surface area contributed by atoms with E-state index in [1.54, 1.807) is 7.11 Å². The first-order valence-corrected chi connectivity index (χ1v) is 13.0. The molecule has 1 N–H and O–H groups in total. The Balaban J connectivity index is 1.85. The molecule has 1 aromatic heterocycles. The van der Waals surface area contributed by atoms with E-state index < -0.39 is 0 Å². The second-order valence-electron chi connectivity index (χ2n) is 8.03. The van der Waals surface area contributed by atoms with Gasteiger partial charge in [0, 0.05) is 20.4 Å². The Morgan fingerprint density at radius 1 is 1.06 bits per heavy atom. The van der Waals surface area contributed by atoms with Crippen LogP contribution in [0.5, 0.6) is 5.75 Å². The molecule has 0 spiro atoms. The van der Waals surface area contributed by atoms with Crippen molar-refractivity contribution >= 4 is 60.7 Å². The van der Waals surface area contributed by atoms with Gasteiger partial charge in [-0.25, -0.2) is 9.97 Å². The van der Waals surface area contributed by atoms with Gasteiger partial charge in [0.1, 0.15) is 11.6 Å². The van der Waals surface area contributed by atoms with E-state index in [0.717, 1.165) is 69.5 Å². The summed E-state index contributed by atoms with van der Waals surface area (Å²) in [6.45, 7) is 9.96. The third-order valence-electron chi connectivity index (χ3n) is 5.68. The van der Waals surface area contributed by atoms with Crippen molar-refractivity contribution in [1.82, 2.24) is 14.9 Å². The Hall–Kier alpha value is -1.96. The third kappa shape index (κ3) is 7.26. The van der Waals surface area contributed by atoms with Gasteiger partial charge in [0.15, 0.2) is 5.82 Å². The lowest BCUT2D eigenvalue weighted by Crippen LogP contribution is -2.25. The minimum Gasteiger partial charge on any atom is -0.497 e. The summed E-state index contributed by atoms with van der Waals surface area (Å²) in [6, 6.07) is 12.3. The van der Waals surface area contributed by atoms with Crippen LogP contribution in [0.4, 0.5) is 5.82 Å². The lowest BCUT2D eigenvalue weighted by atomic mass is 10.1. The van der Waals surface area contributed by atoms with Crippen molar-refractivity contribution in [3.63, 3.8) is 0 Å². The summed E-state index contributed by atoms with van der Waals surface area (Å²) >= 11 is 7.11. The predicted octanol–water partition coefficient (Wildman–Crippen LogP) is 7.26. The number of aromatic nitrogens is 2. The first kappa shape index (κ1) is 25.7. The molecule has 0 saturated heterocycles. The van der Waals surface area contributed by atoms with Crippen LogP contribution in [0.1, 0.15) is 45.0 Å². The molecule has 0 saturated carbocycles. The van der Waals surface area contributed by atoms with Gasteiger partial charge < -0.3 is 15.0 Å². The molecule has 176 valence electrons. The predicted molar refractivity (Wildman–Crippen MR) is 147 cm³/mol. The van der Waals surface area contributed by atoms with E-state index in [0.29, 0.717) is 11.9 Å². The molecule has 2 aromatic carbocycles.